The summed E-state index contributed by atoms with van der Waals surface area (Å²) in [5, 5.41) is 11.7. The lowest BCUT2D eigenvalue weighted by Gasteiger charge is -2.41. The maximum atomic E-state index is 13.5. The molecule has 4 fully saturated rings. The summed E-state index contributed by atoms with van der Waals surface area (Å²) in [6.45, 7) is 1.15. The van der Waals surface area contributed by atoms with Gasteiger partial charge in [-0.15, -0.1) is 0 Å². The third kappa shape index (κ3) is 5.06. The molecule has 1 aromatic rings. The number of carbonyl (C=O) groups excluding carboxylic acids is 2. The Hall–Kier alpha value is -2.69. The number of carbonyl (C=O) groups is 2. The van der Waals surface area contributed by atoms with E-state index in [9.17, 15) is 31.2 Å². The van der Waals surface area contributed by atoms with Gasteiger partial charge in [0.05, 0.1) is 23.5 Å². The number of nitrogens with zero attached hydrogens (tertiary/aromatic N) is 4. The molecule has 0 bridgehead atoms. The van der Waals surface area contributed by atoms with Crippen LogP contribution >= 0.6 is 0 Å². The first-order chi connectivity index (χ1) is 17.5. The largest absolute Gasteiger partial charge is 0.416 e. The Bertz CT molecular complexity index is 1210. The van der Waals surface area contributed by atoms with Crippen molar-refractivity contribution in [3.05, 3.63) is 35.4 Å². The minimum atomic E-state index is -4.43. The van der Waals surface area contributed by atoms with Crippen LogP contribution in [-0.4, -0.2) is 72.5 Å². The van der Waals surface area contributed by atoms with Gasteiger partial charge in [0.2, 0.25) is 11.8 Å². The summed E-state index contributed by atoms with van der Waals surface area (Å²) in [5.74, 6) is -1.17. The van der Waals surface area contributed by atoms with Crippen LogP contribution in [0.3, 0.4) is 0 Å². The molecule has 4 atom stereocenters. The van der Waals surface area contributed by atoms with E-state index >= 15 is 0 Å². The maximum absolute atomic E-state index is 13.5. The quantitative estimate of drug-likeness (QED) is 0.590. The zero-order chi connectivity index (χ0) is 26.5. The van der Waals surface area contributed by atoms with Gasteiger partial charge in [-0.3, -0.25) is 9.59 Å². The van der Waals surface area contributed by atoms with Crippen molar-refractivity contribution < 1.29 is 31.2 Å². The number of nitriles is 1. The number of halogens is 3. The number of hydrogen-bond donors (Lipinski definition) is 1. The van der Waals surface area contributed by atoms with Gasteiger partial charge >= 0.3 is 6.18 Å². The summed E-state index contributed by atoms with van der Waals surface area (Å²) in [7, 11) is -3.75. The van der Waals surface area contributed by atoms with Crippen molar-refractivity contribution in [1.29, 1.82) is 5.26 Å². The Morgan fingerprint density at radius 2 is 1.78 bits per heavy atom. The standard InChI is InChI=1S/C24H28F3N5O4S/c25-24(26,27)19-5-3-15(4-6-19)10-29-22(33)21-20-8-18(20)14-32(21)23(34)17-2-1-7-30(13-17)37(35,36)31-11-16(9-28)12-31/h3-6,16-18,20-21H,1-2,7-8,10-14H2,(H,29,33)/t17-,18-,20-,21+/m0/s1. The number of hydrogen-bond acceptors (Lipinski definition) is 5. The summed E-state index contributed by atoms with van der Waals surface area (Å²) in [5.41, 5.74) is -0.249. The second-order valence-electron chi connectivity index (χ2n) is 10.4. The van der Waals surface area contributed by atoms with Crippen LogP contribution in [0, 0.1) is 35.0 Å². The van der Waals surface area contributed by atoms with Gasteiger partial charge < -0.3 is 10.2 Å². The van der Waals surface area contributed by atoms with Crippen LogP contribution in [0.15, 0.2) is 24.3 Å². The number of alkyl halides is 3. The fraction of sp³-hybridized carbons (Fsp3) is 0.625. The molecule has 3 aliphatic heterocycles. The zero-order valence-electron chi connectivity index (χ0n) is 20.0. The molecule has 3 heterocycles. The minimum absolute atomic E-state index is 0.0423. The second kappa shape index (κ2) is 9.56. The molecule has 1 saturated carbocycles. The number of benzene rings is 1. The lowest BCUT2D eigenvalue weighted by atomic mass is 9.97. The molecular formula is C24H28F3N5O4S. The first-order valence-electron chi connectivity index (χ1n) is 12.4. The highest BCUT2D eigenvalue weighted by Crippen LogP contribution is 2.50. The van der Waals surface area contributed by atoms with Gasteiger partial charge in [-0.05, 0) is 48.8 Å². The van der Waals surface area contributed by atoms with E-state index in [1.54, 1.807) is 4.90 Å². The molecule has 1 aromatic carbocycles. The van der Waals surface area contributed by atoms with Crippen molar-refractivity contribution in [3.63, 3.8) is 0 Å². The Kier molecular flexibility index (Phi) is 6.70. The molecule has 1 aliphatic carbocycles. The average Bonchev–Trinajstić information content (AvgIpc) is 3.50. The highest BCUT2D eigenvalue weighted by atomic mass is 32.2. The third-order valence-corrected chi connectivity index (χ3v) is 9.80. The molecule has 0 aromatic heterocycles. The summed E-state index contributed by atoms with van der Waals surface area (Å²) in [6, 6.07) is 5.95. The molecule has 3 saturated heterocycles. The lowest BCUT2D eigenvalue weighted by molar-refractivity contribution is -0.143. The molecule has 37 heavy (non-hydrogen) atoms. The third-order valence-electron chi connectivity index (χ3n) is 7.87. The van der Waals surface area contributed by atoms with Crippen LogP contribution in [0.25, 0.3) is 0 Å². The van der Waals surface area contributed by atoms with Crippen LogP contribution in [0.1, 0.15) is 30.4 Å². The average molecular weight is 540 g/mol. The molecular weight excluding hydrogens is 511 g/mol. The highest BCUT2D eigenvalue weighted by Gasteiger charge is 2.57. The van der Waals surface area contributed by atoms with Crippen LogP contribution < -0.4 is 5.32 Å². The summed E-state index contributed by atoms with van der Waals surface area (Å²) in [4.78, 5) is 28.1. The van der Waals surface area contributed by atoms with Crippen molar-refractivity contribution in [1.82, 2.24) is 18.8 Å². The monoisotopic (exact) mass is 539 g/mol. The summed E-state index contributed by atoms with van der Waals surface area (Å²) in [6.07, 6.45) is -2.55. The molecule has 9 nitrogen and oxygen atoms in total. The van der Waals surface area contributed by atoms with Crippen LogP contribution in [-0.2, 0) is 32.5 Å². The van der Waals surface area contributed by atoms with E-state index in [0.717, 1.165) is 18.6 Å². The highest BCUT2D eigenvalue weighted by molar-refractivity contribution is 7.86. The number of rotatable bonds is 6. The first kappa shape index (κ1) is 25.9. The predicted octanol–water partition coefficient (Wildman–Crippen LogP) is 1.58. The number of nitrogens with one attached hydrogen (secondary N) is 1. The molecule has 0 unspecified atom stereocenters. The molecule has 1 N–H and O–H groups in total. The normalized spacial score (nSPS) is 28.8. The Labute approximate surface area is 213 Å². The van der Waals surface area contributed by atoms with Crippen molar-refractivity contribution in [2.45, 2.75) is 38.0 Å². The maximum Gasteiger partial charge on any atom is 0.416 e. The van der Waals surface area contributed by atoms with Gasteiger partial charge in [0.25, 0.3) is 10.2 Å². The van der Waals surface area contributed by atoms with E-state index in [2.05, 4.69) is 11.4 Å². The molecule has 13 heteroatoms. The number of amides is 2. The zero-order valence-corrected chi connectivity index (χ0v) is 20.8. The van der Waals surface area contributed by atoms with E-state index < -0.39 is 33.9 Å². The topological polar surface area (TPSA) is 114 Å². The van der Waals surface area contributed by atoms with E-state index in [1.165, 1.54) is 20.7 Å². The molecule has 4 aliphatic rings. The molecule has 2 amide bonds. The van der Waals surface area contributed by atoms with E-state index in [0.29, 0.717) is 31.5 Å². The van der Waals surface area contributed by atoms with Gasteiger partial charge in [0.15, 0.2) is 0 Å². The molecule has 0 radical (unpaired) electrons. The van der Waals surface area contributed by atoms with E-state index in [1.807, 2.05) is 0 Å². The van der Waals surface area contributed by atoms with Crippen LogP contribution in [0.5, 0.6) is 0 Å². The molecule has 200 valence electrons. The molecule has 5 rings (SSSR count). The van der Waals surface area contributed by atoms with Gasteiger partial charge in [0, 0.05) is 39.3 Å². The lowest BCUT2D eigenvalue weighted by Crippen LogP contribution is -2.58. The Morgan fingerprint density at radius 1 is 1.08 bits per heavy atom. The van der Waals surface area contributed by atoms with Crippen molar-refractivity contribution in [3.8, 4) is 6.07 Å². The van der Waals surface area contributed by atoms with Gasteiger partial charge in [0.1, 0.15) is 6.04 Å². The van der Waals surface area contributed by atoms with Crippen molar-refractivity contribution in [2.24, 2.45) is 23.7 Å². The number of piperidine rings is 2. The summed E-state index contributed by atoms with van der Waals surface area (Å²) < 4.78 is 66.8. The van der Waals surface area contributed by atoms with Crippen LogP contribution in [0.4, 0.5) is 13.2 Å². The SMILES string of the molecule is N#CC1CN(S(=O)(=O)N2CCC[C@H](C(=O)N3C[C@@H]4C[C@@H]4[C@@H]3C(=O)NCc3ccc(C(F)(F)F)cc3)C2)C1. The number of fused-ring (bicyclic) bond motifs is 1. The Morgan fingerprint density at radius 3 is 2.43 bits per heavy atom. The van der Waals surface area contributed by atoms with Crippen molar-refractivity contribution >= 4 is 22.0 Å². The fourth-order valence-corrected chi connectivity index (χ4v) is 7.38. The van der Waals surface area contributed by atoms with Crippen LogP contribution in [0.2, 0.25) is 0 Å². The second-order valence-corrected chi connectivity index (χ2v) is 12.3. The minimum Gasteiger partial charge on any atom is -0.350 e. The number of likely N-dealkylation sites (tertiary alicyclic amines) is 1. The summed E-state index contributed by atoms with van der Waals surface area (Å²) >= 11 is 0. The van der Waals surface area contributed by atoms with Crippen molar-refractivity contribution in [2.75, 3.05) is 32.7 Å². The van der Waals surface area contributed by atoms with Gasteiger partial charge in [-0.2, -0.15) is 35.5 Å². The Balaban J connectivity index is 1.20. The van der Waals surface area contributed by atoms with E-state index in [4.69, 9.17) is 5.26 Å². The fourth-order valence-electron chi connectivity index (χ4n) is 5.59. The predicted molar refractivity (Wildman–Crippen MR) is 124 cm³/mol. The van der Waals surface area contributed by atoms with Gasteiger partial charge in [-0.1, -0.05) is 12.1 Å². The van der Waals surface area contributed by atoms with E-state index in [-0.39, 0.29) is 55.7 Å². The van der Waals surface area contributed by atoms with Gasteiger partial charge in [-0.25, -0.2) is 0 Å². The first-order valence-corrected chi connectivity index (χ1v) is 13.8. The molecule has 0 spiro atoms. The smallest absolute Gasteiger partial charge is 0.350 e.